The topological polar surface area (TPSA) is 41.3 Å². The van der Waals surface area contributed by atoms with Crippen molar-refractivity contribution >= 4 is 23.4 Å². The molecular weight excluding hydrogens is 285 g/mol. The summed E-state index contributed by atoms with van der Waals surface area (Å²) in [7, 11) is 2.09. The van der Waals surface area contributed by atoms with Crippen LogP contribution in [0.5, 0.6) is 0 Å². The summed E-state index contributed by atoms with van der Waals surface area (Å²) >= 11 is 7.84. The van der Waals surface area contributed by atoms with E-state index in [0.717, 1.165) is 18.1 Å². The van der Waals surface area contributed by atoms with Crippen LogP contribution in [0.1, 0.15) is 5.56 Å². The third-order valence-corrected chi connectivity index (χ3v) is 4.85. The van der Waals surface area contributed by atoms with Gasteiger partial charge in [0, 0.05) is 35.2 Å². The quantitative estimate of drug-likeness (QED) is 0.658. The van der Waals surface area contributed by atoms with Crippen molar-refractivity contribution in [2.75, 3.05) is 25.1 Å². The second-order valence-corrected chi connectivity index (χ2v) is 6.42. The first-order valence-corrected chi connectivity index (χ1v) is 7.83. The number of nitrogens with zero attached hydrogens (tertiary/aromatic N) is 1. The molecule has 1 aliphatic heterocycles. The van der Waals surface area contributed by atoms with Crippen LogP contribution in [0.25, 0.3) is 0 Å². The van der Waals surface area contributed by atoms with Crippen LogP contribution in [-0.2, 0) is 6.42 Å². The van der Waals surface area contributed by atoms with E-state index in [4.69, 9.17) is 17.4 Å². The van der Waals surface area contributed by atoms with Crippen LogP contribution < -0.4 is 11.3 Å². The number of hydrazine groups is 1. The molecule has 0 aliphatic carbocycles. The smallest absolute Gasteiger partial charge is 0.126 e. The van der Waals surface area contributed by atoms with E-state index in [2.05, 4.69) is 17.4 Å². The first kappa shape index (κ1) is 15.1. The summed E-state index contributed by atoms with van der Waals surface area (Å²) in [5.74, 6) is 7.58. The van der Waals surface area contributed by atoms with Crippen LogP contribution in [-0.4, -0.2) is 42.1 Å². The minimum atomic E-state index is -0.226. The zero-order valence-electron chi connectivity index (χ0n) is 10.9. The van der Waals surface area contributed by atoms with E-state index >= 15 is 0 Å². The van der Waals surface area contributed by atoms with Crippen molar-refractivity contribution in [3.05, 3.63) is 34.6 Å². The van der Waals surface area contributed by atoms with Gasteiger partial charge in [0.2, 0.25) is 0 Å². The lowest BCUT2D eigenvalue weighted by molar-refractivity contribution is 0.213. The van der Waals surface area contributed by atoms with Crippen LogP contribution >= 0.6 is 23.4 Å². The summed E-state index contributed by atoms with van der Waals surface area (Å²) in [6.45, 7) is 1.03. The molecule has 0 bridgehead atoms. The van der Waals surface area contributed by atoms with E-state index in [1.165, 1.54) is 6.07 Å². The lowest BCUT2D eigenvalue weighted by atomic mass is 9.99. The van der Waals surface area contributed by atoms with Crippen LogP contribution in [0.3, 0.4) is 0 Å². The zero-order valence-corrected chi connectivity index (χ0v) is 12.5. The van der Waals surface area contributed by atoms with Gasteiger partial charge < -0.3 is 4.90 Å². The maximum Gasteiger partial charge on any atom is 0.126 e. The lowest BCUT2D eigenvalue weighted by Gasteiger charge is -2.37. The molecular formula is C13H19ClFN3S. The molecule has 2 rings (SSSR count). The Balaban J connectivity index is 2.11. The molecule has 0 saturated carbocycles. The molecule has 19 heavy (non-hydrogen) atoms. The zero-order chi connectivity index (χ0) is 13.8. The fraction of sp³-hybridized carbons (Fsp3) is 0.538. The molecule has 3 N–H and O–H groups in total. The van der Waals surface area contributed by atoms with Gasteiger partial charge in [-0.25, -0.2) is 4.39 Å². The molecule has 106 valence electrons. The molecule has 1 fully saturated rings. The summed E-state index contributed by atoms with van der Waals surface area (Å²) < 4.78 is 13.8. The van der Waals surface area contributed by atoms with Gasteiger partial charge in [-0.3, -0.25) is 11.3 Å². The van der Waals surface area contributed by atoms with Gasteiger partial charge in [-0.2, -0.15) is 11.8 Å². The fourth-order valence-electron chi connectivity index (χ4n) is 2.37. The largest absolute Gasteiger partial charge is 0.300 e. The van der Waals surface area contributed by atoms with Crippen molar-refractivity contribution in [3.8, 4) is 0 Å². The Morgan fingerprint density at radius 2 is 2.42 bits per heavy atom. The second kappa shape index (κ2) is 6.90. The average Bonchev–Trinajstić information content (AvgIpc) is 2.41. The molecule has 6 heteroatoms. The Morgan fingerprint density at radius 3 is 3.11 bits per heavy atom. The first-order valence-electron chi connectivity index (χ1n) is 6.30. The number of hydrogen-bond donors (Lipinski definition) is 2. The molecule has 2 atom stereocenters. The number of nitrogens with two attached hydrogens (primary N) is 1. The molecule has 1 aromatic rings. The SMILES string of the molecule is CN1CCSCC1C(Cc1cc(Cl)ccc1F)NN. The van der Waals surface area contributed by atoms with Gasteiger partial charge in [-0.1, -0.05) is 11.6 Å². The van der Waals surface area contributed by atoms with E-state index < -0.39 is 0 Å². The van der Waals surface area contributed by atoms with Gasteiger partial charge in [0.05, 0.1) is 0 Å². The standard InChI is InChI=1S/C13H19ClFN3S/c1-18-4-5-19-8-13(18)12(17-16)7-9-6-10(14)2-3-11(9)15/h2-3,6,12-13,17H,4-5,7-8,16H2,1H3. The number of nitrogens with one attached hydrogen (secondary N) is 1. The average molecular weight is 304 g/mol. The van der Waals surface area contributed by atoms with Crippen molar-refractivity contribution in [2.45, 2.75) is 18.5 Å². The van der Waals surface area contributed by atoms with Gasteiger partial charge >= 0.3 is 0 Å². The summed E-state index contributed by atoms with van der Waals surface area (Å²) in [4.78, 5) is 2.28. The van der Waals surface area contributed by atoms with Crippen LogP contribution in [0.2, 0.25) is 5.02 Å². The number of benzene rings is 1. The van der Waals surface area contributed by atoms with E-state index in [0.29, 0.717) is 23.0 Å². The van der Waals surface area contributed by atoms with Gasteiger partial charge in [0.15, 0.2) is 0 Å². The number of halogens is 2. The number of likely N-dealkylation sites (N-methyl/N-ethyl adjacent to an activating group) is 1. The van der Waals surface area contributed by atoms with E-state index in [-0.39, 0.29) is 11.9 Å². The van der Waals surface area contributed by atoms with E-state index in [9.17, 15) is 4.39 Å². The molecule has 1 aliphatic rings. The molecule has 2 unspecified atom stereocenters. The van der Waals surface area contributed by atoms with Crippen LogP contribution in [0.15, 0.2) is 18.2 Å². The second-order valence-electron chi connectivity index (χ2n) is 4.84. The van der Waals surface area contributed by atoms with Crippen LogP contribution in [0.4, 0.5) is 4.39 Å². The van der Waals surface area contributed by atoms with Crippen LogP contribution in [0, 0.1) is 5.82 Å². The number of rotatable bonds is 4. The number of hydrogen-bond acceptors (Lipinski definition) is 4. The first-order chi connectivity index (χ1) is 9.11. The molecule has 0 amide bonds. The Bertz CT molecular complexity index is 432. The van der Waals surface area contributed by atoms with Gasteiger partial charge in [0.1, 0.15) is 5.82 Å². The normalized spacial score (nSPS) is 22.4. The van der Waals surface area contributed by atoms with Crippen molar-refractivity contribution in [2.24, 2.45) is 5.84 Å². The van der Waals surface area contributed by atoms with Crippen molar-refractivity contribution in [3.63, 3.8) is 0 Å². The molecule has 3 nitrogen and oxygen atoms in total. The summed E-state index contributed by atoms with van der Waals surface area (Å²) in [6, 6.07) is 4.98. The molecule has 0 aromatic heterocycles. The highest BCUT2D eigenvalue weighted by atomic mass is 35.5. The maximum atomic E-state index is 13.8. The highest BCUT2D eigenvalue weighted by Gasteiger charge is 2.28. The predicted octanol–water partition coefficient (Wildman–Crippen LogP) is 1.90. The Labute approximate surface area is 122 Å². The van der Waals surface area contributed by atoms with Gasteiger partial charge in [0.25, 0.3) is 0 Å². The minimum absolute atomic E-state index is 0.0192. The van der Waals surface area contributed by atoms with Crippen molar-refractivity contribution < 1.29 is 4.39 Å². The van der Waals surface area contributed by atoms with Gasteiger partial charge in [-0.15, -0.1) is 0 Å². The fourth-order valence-corrected chi connectivity index (χ4v) is 3.88. The Kier molecular flexibility index (Phi) is 5.47. The molecule has 0 radical (unpaired) electrons. The Morgan fingerprint density at radius 1 is 1.63 bits per heavy atom. The number of thioether (sulfide) groups is 1. The minimum Gasteiger partial charge on any atom is -0.300 e. The van der Waals surface area contributed by atoms with Gasteiger partial charge in [-0.05, 0) is 37.2 Å². The molecule has 0 spiro atoms. The monoisotopic (exact) mass is 303 g/mol. The predicted molar refractivity (Wildman–Crippen MR) is 80.0 cm³/mol. The molecule has 1 aromatic carbocycles. The van der Waals surface area contributed by atoms with Crippen molar-refractivity contribution in [1.82, 2.24) is 10.3 Å². The highest BCUT2D eigenvalue weighted by molar-refractivity contribution is 7.99. The highest BCUT2D eigenvalue weighted by Crippen LogP contribution is 2.22. The third-order valence-electron chi connectivity index (χ3n) is 3.57. The molecule has 1 heterocycles. The Hall–Kier alpha value is -0.330. The van der Waals surface area contributed by atoms with E-state index in [1.807, 2.05) is 11.8 Å². The van der Waals surface area contributed by atoms with E-state index in [1.54, 1.807) is 12.1 Å². The molecule has 1 saturated heterocycles. The summed E-state index contributed by atoms with van der Waals surface area (Å²) in [6.07, 6.45) is 0.540. The summed E-state index contributed by atoms with van der Waals surface area (Å²) in [5.41, 5.74) is 3.44. The maximum absolute atomic E-state index is 13.8. The van der Waals surface area contributed by atoms with Crippen molar-refractivity contribution in [1.29, 1.82) is 0 Å². The third kappa shape index (κ3) is 3.83. The lowest BCUT2D eigenvalue weighted by Crippen LogP contribution is -2.55. The summed E-state index contributed by atoms with van der Waals surface area (Å²) in [5, 5.41) is 0.554.